The Morgan fingerprint density at radius 2 is 0.918 bits per heavy atom. The summed E-state index contributed by atoms with van der Waals surface area (Å²) in [6.07, 6.45) is 0. The lowest BCUT2D eigenvalue weighted by Crippen LogP contribution is -1.88. The summed E-state index contributed by atoms with van der Waals surface area (Å²) in [6, 6.07) is 50.5. The second-order valence-electron chi connectivity index (χ2n) is 13.9. The molecule has 9 aromatic carbocycles. The van der Waals surface area contributed by atoms with Gasteiger partial charge in [-0.05, 0) is 157 Å². The predicted octanol–water partition coefficient (Wildman–Crippen LogP) is 14.4. The molecule has 49 heavy (non-hydrogen) atoms. The van der Waals surface area contributed by atoms with Crippen LogP contribution in [0.1, 0.15) is 22.3 Å². The maximum Gasteiger partial charge on any atom is 0.0434 e. The number of hydrogen-bond donors (Lipinski definition) is 0. The van der Waals surface area contributed by atoms with Crippen molar-refractivity contribution >= 4 is 85.4 Å². The van der Waals surface area contributed by atoms with Gasteiger partial charge in [0.05, 0.1) is 0 Å². The molecular weight excluding hydrogens is 609 g/mol. The lowest BCUT2D eigenvalue weighted by Gasteiger charge is -2.12. The van der Waals surface area contributed by atoms with E-state index in [0.29, 0.717) is 0 Å². The van der Waals surface area contributed by atoms with Crippen molar-refractivity contribution in [3.63, 3.8) is 0 Å². The van der Waals surface area contributed by atoms with Crippen LogP contribution in [-0.4, -0.2) is 0 Å². The second-order valence-corrected chi connectivity index (χ2v) is 15.0. The summed E-state index contributed by atoms with van der Waals surface area (Å²) in [5.74, 6) is 0. The third-order valence-corrected chi connectivity index (χ3v) is 12.4. The average molecular weight is 643 g/mol. The SMILES string of the molecule is Cc1cc(-c2ccc3ccc4c5cc(-c6ccc7ccccc7c6)ccc5ccc4c3c2)c2sc3c4cc(C)c(C)c(C)c4ccc3c2c1. The molecule has 0 radical (unpaired) electrons. The maximum atomic E-state index is 2.44. The molecule has 0 aliphatic rings. The quantitative estimate of drug-likeness (QED) is 0.165. The number of fused-ring (bicyclic) bond motifs is 11. The van der Waals surface area contributed by atoms with Crippen molar-refractivity contribution in [1.82, 2.24) is 0 Å². The fraction of sp³-hybridized carbons (Fsp3) is 0.0833. The van der Waals surface area contributed by atoms with Crippen LogP contribution in [0.2, 0.25) is 0 Å². The highest BCUT2D eigenvalue weighted by atomic mass is 32.1. The van der Waals surface area contributed by atoms with E-state index in [4.69, 9.17) is 0 Å². The van der Waals surface area contributed by atoms with E-state index in [2.05, 4.69) is 161 Å². The van der Waals surface area contributed by atoms with Crippen LogP contribution in [0.15, 0.2) is 133 Å². The predicted molar refractivity (Wildman–Crippen MR) is 217 cm³/mol. The Morgan fingerprint density at radius 3 is 1.67 bits per heavy atom. The third kappa shape index (κ3) is 4.29. The fourth-order valence-electron chi connectivity index (χ4n) is 8.20. The zero-order chi connectivity index (χ0) is 33.0. The summed E-state index contributed by atoms with van der Waals surface area (Å²) in [6.45, 7) is 9.00. The highest BCUT2D eigenvalue weighted by Crippen LogP contribution is 2.45. The Hall–Kier alpha value is -5.50. The Balaban J connectivity index is 1.18. The molecule has 0 bridgehead atoms. The van der Waals surface area contributed by atoms with Crippen LogP contribution in [0, 0.1) is 27.7 Å². The van der Waals surface area contributed by atoms with Crippen molar-refractivity contribution in [1.29, 1.82) is 0 Å². The highest BCUT2D eigenvalue weighted by Gasteiger charge is 2.16. The normalized spacial score (nSPS) is 12.1. The molecule has 0 nitrogen and oxygen atoms in total. The molecule has 0 saturated heterocycles. The standard InChI is InChI=1S/C48H34S/c1-27-21-44(48-45(22-27)41-20-19-38-30(4)29(3)28(2)23-46(38)47(41)49-48)37-14-11-33-16-17-39-40(43(33)26-37)18-15-32-10-13-36(25-42(32)39)35-12-9-31-7-5-6-8-34(31)24-35/h5-26H,1-4H3. The van der Waals surface area contributed by atoms with E-state index in [0.717, 1.165) is 0 Å². The summed E-state index contributed by atoms with van der Waals surface area (Å²) in [5.41, 5.74) is 10.5. The molecule has 1 aromatic heterocycles. The molecule has 0 aliphatic heterocycles. The van der Waals surface area contributed by atoms with Gasteiger partial charge in [0, 0.05) is 25.6 Å². The summed E-state index contributed by atoms with van der Waals surface area (Å²) < 4.78 is 2.76. The molecule has 232 valence electrons. The third-order valence-electron chi connectivity index (χ3n) is 11.1. The molecule has 1 heterocycles. The van der Waals surface area contributed by atoms with E-state index in [1.165, 1.54) is 119 Å². The average Bonchev–Trinajstić information content (AvgIpc) is 3.51. The number of benzene rings is 9. The van der Waals surface area contributed by atoms with E-state index >= 15 is 0 Å². The van der Waals surface area contributed by atoms with Gasteiger partial charge in [-0.2, -0.15) is 0 Å². The van der Waals surface area contributed by atoms with Crippen LogP contribution >= 0.6 is 11.3 Å². The number of rotatable bonds is 2. The number of thiophene rings is 1. The highest BCUT2D eigenvalue weighted by molar-refractivity contribution is 7.27. The minimum absolute atomic E-state index is 1.25. The minimum atomic E-state index is 1.25. The maximum absolute atomic E-state index is 2.44. The van der Waals surface area contributed by atoms with Gasteiger partial charge in [0.25, 0.3) is 0 Å². The molecule has 10 aromatic rings. The van der Waals surface area contributed by atoms with E-state index < -0.39 is 0 Å². The number of hydrogen-bond acceptors (Lipinski definition) is 1. The summed E-state index contributed by atoms with van der Waals surface area (Å²) >= 11 is 1.96. The van der Waals surface area contributed by atoms with Gasteiger partial charge in [-0.25, -0.2) is 0 Å². The summed E-state index contributed by atoms with van der Waals surface area (Å²) in [5, 5.41) is 15.8. The molecular formula is C48H34S. The smallest absolute Gasteiger partial charge is 0.0434 e. The molecule has 0 aliphatic carbocycles. The topological polar surface area (TPSA) is 0 Å². The molecule has 0 amide bonds. The van der Waals surface area contributed by atoms with Crippen molar-refractivity contribution in [2.24, 2.45) is 0 Å². The first-order valence-electron chi connectivity index (χ1n) is 17.2. The molecule has 0 saturated carbocycles. The van der Waals surface area contributed by atoms with E-state index in [1.807, 2.05) is 11.3 Å². The van der Waals surface area contributed by atoms with Crippen molar-refractivity contribution in [2.45, 2.75) is 27.7 Å². The minimum Gasteiger partial charge on any atom is -0.134 e. The molecule has 0 fully saturated rings. The zero-order valence-electron chi connectivity index (χ0n) is 28.1. The van der Waals surface area contributed by atoms with Crippen molar-refractivity contribution < 1.29 is 0 Å². The van der Waals surface area contributed by atoms with E-state index in [1.54, 1.807) is 0 Å². The van der Waals surface area contributed by atoms with E-state index in [9.17, 15) is 0 Å². The fourth-order valence-corrected chi connectivity index (χ4v) is 9.53. The Morgan fingerprint density at radius 1 is 0.347 bits per heavy atom. The lowest BCUT2D eigenvalue weighted by molar-refractivity contribution is 1.30. The first-order chi connectivity index (χ1) is 23.9. The van der Waals surface area contributed by atoms with E-state index in [-0.39, 0.29) is 0 Å². The van der Waals surface area contributed by atoms with Gasteiger partial charge in [-0.15, -0.1) is 11.3 Å². The molecule has 0 spiro atoms. The number of aryl methyl sites for hydroxylation is 3. The zero-order valence-corrected chi connectivity index (χ0v) is 28.9. The molecule has 0 unspecified atom stereocenters. The summed E-state index contributed by atoms with van der Waals surface area (Å²) in [7, 11) is 0. The van der Waals surface area contributed by atoms with Crippen LogP contribution in [-0.2, 0) is 0 Å². The molecule has 10 rings (SSSR count). The van der Waals surface area contributed by atoms with Gasteiger partial charge in [-0.3, -0.25) is 0 Å². The first kappa shape index (κ1) is 28.5. The molecule has 1 heteroatoms. The Kier molecular flexibility index (Phi) is 6.11. The van der Waals surface area contributed by atoms with Crippen LogP contribution in [0.5, 0.6) is 0 Å². The van der Waals surface area contributed by atoms with Crippen LogP contribution in [0.4, 0.5) is 0 Å². The van der Waals surface area contributed by atoms with Gasteiger partial charge in [-0.1, -0.05) is 97.1 Å². The summed E-state index contributed by atoms with van der Waals surface area (Å²) in [4.78, 5) is 0. The monoisotopic (exact) mass is 642 g/mol. The van der Waals surface area contributed by atoms with Crippen molar-refractivity contribution in [2.75, 3.05) is 0 Å². The van der Waals surface area contributed by atoms with Crippen molar-refractivity contribution in [3.05, 3.63) is 156 Å². The largest absolute Gasteiger partial charge is 0.134 e. The second kappa shape index (κ2) is 10.5. The van der Waals surface area contributed by atoms with Gasteiger partial charge < -0.3 is 0 Å². The van der Waals surface area contributed by atoms with Gasteiger partial charge >= 0.3 is 0 Å². The van der Waals surface area contributed by atoms with Crippen molar-refractivity contribution in [3.8, 4) is 22.3 Å². The van der Waals surface area contributed by atoms with Crippen LogP contribution < -0.4 is 0 Å². The van der Waals surface area contributed by atoms with Gasteiger partial charge in [0.1, 0.15) is 0 Å². The molecule has 0 N–H and O–H groups in total. The Labute approximate surface area is 289 Å². The van der Waals surface area contributed by atoms with Crippen LogP contribution in [0.3, 0.4) is 0 Å². The first-order valence-corrected chi connectivity index (χ1v) is 18.0. The lowest BCUT2D eigenvalue weighted by atomic mass is 9.92. The van der Waals surface area contributed by atoms with Gasteiger partial charge in [0.15, 0.2) is 0 Å². The Bertz CT molecular complexity index is 3030. The van der Waals surface area contributed by atoms with Gasteiger partial charge in [0.2, 0.25) is 0 Å². The van der Waals surface area contributed by atoms with Crippen LogP contribution in [0.25, 0.3) is 96.3 Å². The molecule has 0 atom stereocenters.